The second-order valence-corrected chi connectivity index (χ2v) is 2.37. The second kappa shape index (κ2) is 6.48. The van der Waals surface area contributed by atoms with Crippen molar-refractivity contribution in [3.05, 3.63) is 11.3 Å². The Morgan fingerprint density at radius 3 is 2.31 bits per heavy atom. The molecular weight excluding hydrogens is 172 g/mol. The van der Waals surface area contributed by atoms with Gasteiger partial charge in [0.25, 0.3) is 0 Å². The maximum Gasteiger partial charge on any atom is 0.372 e. The van der Waals surface area contributed by atoms with E-state index in [0.717, 1.165) is 0 Å². The molecule has 0 radical (unpaired) electrons. The average molecular weight is 188 g/mol. The summed E-state index contributed by atoms with van der Waals surface area (Å²) in [6, 6.07) is 0. The van der Waals surface area contributed by atoms with E-state index >= 15 is 0 Å². The Bertz CT molecular complexity index is 196. The highest BCUT2D eigenvalue weighted by Crippen LogP contribution is 2.11. The van der Waals surface area contributed by atoms with Crippen molar-refractivity contribution in [2.45, 2.75) is 27.2 Å². The molecule has 0 saturated carbocycles. The molecule has 0 heterocycles. The van der Waals surface area contributed by atoms with E-state index in [-0.39, 0.29) is 0 Å². The van der Waals surface area contributed by atoms with Gasteiger partial charge in [0.15, 0.2) is 0 Å². The monoisotopic (exact) mass is 188 g/mol. The lowest BCUT2D eigenvalue weighted by molar-refractivity contribution is -0.250. The fraction of sp³-hybridized carbons (Fsp3) is 0.667. The van der Waals surface area contributed by atoms with Gasteiger partial charge in [-0.15, -0.1) is 0 Å². The fourth-order valence-electron chi connectivity index (χ4n) is 0.902. The van der Waals surface area contributed by atoms with Crippen LogP contribution >= 0.6 is 0 Å². The summed E-state index contributed by atoms with van der Waals surface area (Å²) in [6.45, 7) is 5.97. The lowest BCUT2D eigenvalue weighted by Gasteiger charge is -2.09. The summed E-state index contributed by atoms with van der Waals surface area (Å²) in [5, 5.41) is 0. The number of carbonyl (C=O) groups is 1. The molecule has 0 aromatic carbocycles. The van der Waals surface area contributed by atoms with Gasteiger partial charge >= 0.3 is 5.97 Å². The van der Waals surface area contributed by atoms with Crippen molar-refractivity contribution in [1.29, 1.82) is 0 Å². The van der Waals surface area contributed by atoms with Crippen LogP contribution in [-0.2, 0) is 19.3 Å². The summed E-state index contributed by atoms with van der Waals surface area (Å²) >= 11 is 0. The van der Waals surface area contributed by atoms with Crippen LogP contribution < -0.4 is 0 Å². The van der Waals surface area contributed by atoms with Crippen LogP contribution in [0.2, 0.25) is 0 Å². The zero-order valence-electron chi connectivity index (χ0n) is 8.55. The number of hydrogen-bond acceptors (Lipinski definition) is 4. The smallest absolute Gasteiger partial charge is 0.372 e. The van der Waals surface area contributed by atoms with Crippen molar-refractivity contribution >= 4 is 5.97 Å². The first kappa shape index (κ1) is 12.0. The van der Waals surface area contributed by atoms with Crippen LogP contribution in [0.15, 0.2) is 11.3 Å². The van der Waals surface area contributed by atoms with Crippen LogP contribution in [-0.4, -0.2) is 19.7 Å². The van der Waals surface area contributed by atoms with Crippen LogP contribution in [0, 0.1) is 0 Å². The first-order valence-electron chi connectivity index (χ1n) is 4.24. The summed E-state index contributed by atoms with van der Waals surface area (Å²) < 4.78 is 5.24. The van der Waals surface area contributed by atoms with Crippen LogP contribution in [0.4, 0.5) is 0 Å². The van der Waals surface area contributed by atoms with Gasteiger partial charge in [0.1, 0.15) is 5.76 Å². The van der Waals surface area contributed by atoms with Crippen molar-refractivity contribution in [2.75, 3.05) is 13.7 Å². The van der Waals surface area contributed by atoms with Crippen LogP contribution in [0.5, 0.6) is 0 Å². The van der Waals surface area contributed by atoms with Gasteiger partial charge in [-0.3, -0.25) is 4.89 Å². The number of carbonyl (C=O) groups excluding carboxylic acids is 1. The van der Waals surface area contributed by atoms with Crippen molar-refractivity contribution in [1.82, 2.24) is 0 Å². The van der Waals surface area contributed by atoms with E-state index in [9.17, 15) is 4.79 Å². The van der Waals surface area contributed by atoms with Crippen LogP contribution in [0.25, 0.3) is 0 Å². The maximum atomic E-state index is 11.1. The van der Waals surface area contributed by atoms with Gasteiger partial charge in [-0.2, -0.15) is 4.89 Å². The number of ether oxygens (including phenoxy) is 1. The van der Waals surface area contributed by atoms with Crippen molar-refractivity contribution in [2.24, 2.45) is 0 Å². The lowest BCUT2D eigenvalue weighted by atomic mass is 10.2. The molecule has 0 aromatic rings. The highest BCUT2D eigenvalue weighted by molar-refractivity contribution is 5.87. The van der Waals surface area contributed by atoms with E-state index < -0.39 is 5.97 Å². The fourth-order valence-corrected chi connectivity index (χ4v) is 0.902. The van der Waals surface area contributed by atoms with E-state index in [1.165, 1.54) is 7.11 Å². The quantitative estimate of drug-likeness (QED) is 0.285. The van der Waals surface area contributed by atoms with E-state index in [1.54, 1.807) is 6.92 Å². The minimum atomic E-state index is -0.507. The molecule has 0 aliphatic heterocycles. The summed E-state index contributed by atoms with van der Waals surface area (Å²) in [5.74, 6) is 0.136. The molecule has 0 fully saturated rings. The zero-order chi connectivity index (χ0) is 10.3. The molecule has 4 nitrogen and oxygen atoms in total. The Hall–Kier alpha value is -1.03. The third-order valence-electron chi connectivity index (χ3n) is 1.52. The third-order valence-corrected chi connectivity index (χ3v) is 1.52. The van der Waals surface area contributed by atoms with Gasteiger partial charge in [0.05, 0.1) is 19.3 Å². The molecule has 0 rings (SSSR count). The number of hydrogen-bond donors (Lipinski definition) is 0. The topological polar surface area (TPSA) is 44.8 Å². The van der Waals surface area contributed by atoms with E-state index in [1.807, 2.05) is 13.8 Å². The van der Waals surface area contributed by atoms with Crippen molar-refractivity contribution < 1.29 is 19.3 Å². The maximum absolute atomic E-state index is 11.1. The van der Waals surface area contributed by atoms with Crippen LogP contribution in [0.1, 0.15) is 27.2 Å². The summed E-state index contributed by atoms with van der Waals surface area (Å²) in [7, 11) is 1.29. The standard InChI is InChI=1S/C9H16O4/c1-5-8(12-6-2)7(3)9(10)13-11-4/h5-6H2,1-4H3. The van der Waals surface area contributed by atoms with E-state index in [2.05, 4.69) is 9.78 Å². The largest absolute Gasteiger partial charge is 0.498 e. The van der Waals surface area contributed by atoms with Crippen molar-refractivity contribution in [3.63, 3.8) is 0 Å². The Morgan fingerprint density at radius 1 is 1.31 bits per heavy atom. The lowest BCUT2D eigenvalue weighted by Crippen LogP contribution is -2.08. The molecule has 4 heteroatoms. The molecule has 13 heavy (non-hydrogen) atoms. The molecule has 0 aliphatic rings. The highest BCUT2D eigenvalue weighted by atomic mass is 17.2. The SMILES string of the molecule is CCOC(CC)=C(C)C(=O)OOC. The molecule has 0 unspecified atom stereocenters. The summed E-state index contributed by atoms with van der Waals surface area (Å²) in [5.41, 5.74) is 0.450. The summed E-state index contributed by atoms with van der Waals surface area (Å²) in [4.78, 5) is 19.7. The molecule has 0 amide bonds. The van der Waals surface area contributed by atoms with Gasteiger partial charge < -0.3 is 4.74 Å². The normalized spacial score (nSPS) is 12.0. The molecule has 0 atom stereocenters. The molecule has 0 aromatic heterocycles. The summed E-state index contributed by atoms with van der Waals surface area (Å²) in [6.07, 6.45) is 0.665. The predicted molar refractivity (Wildman–Crippen MR) is 47.7 cm³/mol. The Labute approximate surface area is 78.4 Å². The molecular formula is C9H16O4. The van der Waals surface area contributed by atoms with Crippen molar-refractivity contribution in [3.8, 4) is 0 Å². The highest BCUT2D eigenvalue weighted by Gasteiger charge is 2.12. The van der Waals surface area contributed by atoms with Gasteiger partial charge in [-0.25, -0.2) is 4.79 Å². The van der Waals surface area contributed by atoms with Gasteiger partial charge in [0, 0.05) is 6.42 Å². The molecule has 0 aliphatic carbocycles. The first-order valence-corrected chi connectivity index (χ1v) is 4.24. The number of allylic oxidation sites excluding steroid dienone is 1. The Balaban J connectivity index is 4.43. The third kappa shape index (κ3) is 3.94. The molecule has 0 spiro atoms. The minimum Gasteiger partial charge on any atom is -0.498 e. The zero-order valence-corrected chi connectivity index (χ0v) is 8.55. The van der Waals surface area contributed by atoms with Crippen LogP contribution in [0.3, 0.4) is 0 Å². The number of rotatable bonds is 5. The second-order valence-electron chi connectivity index (χ2n) is 2.37. The molecule has 76 valence electrons. The first-order chi connectivity index (χ1) is 6.17. The van der Waals surface area contributed by atoms with E-state index in [0.29, 0.717) is 24.4 Å². The molecule has 0 saturated heterocycles. The Morgan fingerprint density at radius 2 is 1.92 bits per heavy atom. The predicted octanol–water partition coefficient (Wildman–Crippen LogP) is 1.81. The molecule has 0 bridgehead atoms. The van der Waals surface area contributed by atoms with Gasteiger partial charge in [0.2, 0.25) is 0 Å². The van der Waals surface area contributed by atoms with E-state index in [4.69, 9.17) is 4.74 Å². The van der Waals surface area contributed by atoms with Gasteiger partial charge in [-0.1, -0.05) is 6.92 Å². The minimum absolute atomic E-state index is 0.450. The average Bonchev–Trinajstić information content (AvgIpc) is 2.13. The Kier molecular flexibility index (Phi) is 5.97. The molecule has 0 N–H and O–H groups in total. The van der Waals surface area contributed by atoms with Gasteiger partial charge in [-0.05, 0) is 13.8 Å².